The fourth-order valence-electron chi connectivity index (χ4n) is 2.87. The van der Waals surface area contributed by atoms with E-state index in [1.54, 1.807) is 12.1 Å². The summed E-state index contributed by atoms with van der Waals surface area (Å²) >= 11 is 0. The van der Waals surface area contributed by atoms with E-state index in [2.05, 4.69) is 0 Å². The SMILES string of the molecule is CC(=O)c1cccc(S(=O)(=O)N2CCCC(C)C2CN)c1.Cl. The smallest absolute Gasteiger partial charge is 0.243 e. The van der Waals surface area contributed by atoms with Gasteiger partial charge in [-0.2, -0.15) is 4.31 Å². The fraction of sp³-hybridized carbons (Fsp3) is 0.533. The third-order valence-corrected chi connectivity index (χ3v) is 6.07. The minimum absolute atomic E-state index is 0. The summed E-state index contributed by atoms with van der Waals surface area (Å²) in [5, 5.41) is 0. The van der Waals surface area contributed by atoms with E-state index in [0.717, 1.165) is 12.8 Å². The zero-order valence-corrected chi connectivity index (χ0v) is 14.5. The molecule has 1 aromatic carbocycles. The van der Waals surface area contributed by atoms with Crippen LogP contribution in [0.15, 0.2) is 29.2 Å². The standard InChI is InChI=1S/C15H22N2O3S.ClH/c1-11-5-4-8-17(15(11)10-16)21(19,20)14-7-3-6-13(9-14)12(2)18;/h3,6-7,9,11,15H,4-5,8,10,16H2,1-2H3;1H. The molecule has 0 spiro atoms. The second-order valence-electron chi connectivity index (χ2n) is 5.62. The first-order chi connectivity index (χ1) is 9.87. The third-order valence-electron chi connectivity index (χ3n) is 4.15. The number of hydrogen-bond acceptors (Lipinski definition) is 4. The molecule has 1 aromatic rings. The van der Waals surface area contributed by atoms with Crippen molar-refractivity contribution in [2.45, 2.75) is 37.6 Å². The molecule has 2 atom stereocenters. The van der Waals surface area contributed by atoms with E-state index in [1.165, 1.54) is 23.4 Å². The van der Waals surface area contributed by atoms with Crippen LogP contribution in [0, 0.1) is 5.92 Å². The highest BCUT2D eigenvalue weighted by atomic mass is 35.5. The van der Waals surface area contributed by atoms with Gasteiger partial charge < -0.3 is 5.73 Å². The van der Waals surface area contributed by atoms with E-state index in [1.807, 2.05) is 6.92 Å². The van der Waals surface area contributed by atoms with Gasteiger partial charge >= 0.3 is 0 Å². The van der Waals surface area contributed by atoms with Gasteiger partial charge in [0.15, 0.2) is 5.78 Å². The van der Waals surface area contributed by atoms with E-state index >= 15 is 0 Å². The Kier molecular flexibility index (Phi) is 6.55. The van der Waals surface area contributed by atoms with Gasteiger partial charge in [-0.25, -0.2) is 8.42 Å². The van der Waals surface area contributed by atoms with Gasteiger partial charge in [-0.15, -0.1) is 12.4 Å². The van der Waals surface area contributed by atoms with Crippen molar-refractivity contribution in [1.82, 2.24) is 4.31 Å². The highest BCUT2D eigenvalue weighted by Crippen LogP contribution is 2.28. The van der Waals surface area contributed by atoms with Crippen molar-refractivity contribution in [2.75, 3.05) is 13.1 Å². The van der Waals surface area contributed by atoms with E-state index in [9.17, 15) is 13.2 Å². The molecular formula is C15H23ClN2O3S. The summed E-state index contributed by atoms with van der Waals surface area (Å²) < 4.78 is 27.2. The van der Waals surface area contributed by atoms with Crippen molar-refractivity contribution >= 4 is 28.2 Å². The number of nitrogens with two attached hydrogens (primary N) is 1. The van der Waals surface area contributed by atoms with Crippen LogP contribution in [0.1, 0.15) is 37.0 Å². The molecule has 1 aliphatic rings. The molecule has 1 aliphatic heterocycles. The van der Waals surface area contributed by atoms with Crippen LogP contribution in [-0.4, -0.2) is 37.6 Å². The zero-order chi connectivity index (χ0) is 15.6. The van der Waals surface area contributed by atoms with Crippen molar-refractivity contribution in [3.8, 4) is 0 Å². The molecule has 0 amide bonds. The Bertz CT molecular complexity index is 633. The maximum absolute atomic E-state index is 12.8. The molecule has 1 heterocycles. The van der Waals surface area contributed by atoms with Crippen molar-refractivity contribution in [3.05, 3.63) is 29.8 Å². The highest BCUT2D eigenvalue weighted by Gasteiger charge is 2.36. The number of rotatable bonds is 4. The fourth-order valence-corrected chi connectivity index (χ4v) is 4.69. The van der Waals surface area contributed by atoms with Gasteiger partial charge in [0.1, 0.15) is 0 Å². The summed E-state index contributed by atoms with van der Waals surface area (Å²) in [6, 6.07) is 6.04. The lowest BCUT2D eigenvalue weighted by atomic mass is 9.93. The van der Waals surface area contributed by atoms with Crippen LogP contribution >= 0.6 is 12.4 Å². The summed E-state index contributed by atoms with van der Waals surface area (Å²) in [6.07, 6.45) is 1.82. The quantitative estimate of drug-likeness (QED) is 0.846. The first-order valence-electron chi connectivity index (χ1n) is 7.21. The van der Waals surface area contributed by atoms with Crippen LogP contribution in [0.4, 0.5) is 0 Å². The molecule has 124 valence electrons. The number of ketones is 1. The van der Waals surface area contributed by atoms with Crippen LogP contribution in [0.25, 0.3) is 0 Å². The van der Waals surface area contributed by atoms with Gasteiger partial charge in [0.2, 0.25) is 10.0 Å². The van der Waals surface area contributed by atoms with E-state index in [4.69, 9.17) is 5.73 Å². The van der Waals surface area contributed by atoms with Crippen molar-refractivity contribution in [2.24, 2.45) is 11.7 Å². The van der Waals surface area contributed by atoms with E-state index in [-0.39, 0.29) is 35.0 Å². The van der Waals surface area contributed by atoms with Gasteiger partial charge in [0.25, 0.3) is 0 Å². The molecule has 0 saturated carbocycles. The van der Waals surface area contributed by atoms with Crippen LogP contribution in [0.2, 0.25) is 0 Å². The molecule has 1 fully saturated rings. The number of carbonyl (C=O) groups is 1. The predicted octanol–water partition coefficient (Wildman–Crippen LogP) is 2.06. The van der Waals surface area contributed by atoms with Crippen molar-refractivity contribution in [1.29, 1.82) is 0 Å². The van der Waals surface area contributed by atoms with Gasteiger partial charge in [-0.3, -0.25) is 4.79 Å². The Hall–Kier alpha value is -0.950. The predicted molar refractivity (Wildman–Crippen MR) is 88.8 cm³/mol. The van der Waals surface area contributed by atoms with Gasteiger partial charge in [-0.05, 0) is 37.8 Å². The highest BCUT2D eigenvalue weighted by molar-refractivity contribution is 7.89. The summed E-state index contributed by atoms with van der Waals surface area (Å²) in [7, 11) is -3.61. The summed E-state index contributed by atoms with van der Waals surface area (Å²) in [4.78, 5) is 11.6. The Labute approximate surface area is 138 Å². The molecule has 1 saturated heterocycles. The van der Waals surface area contributed by atoms with Crippen LogP contribution in [0.5, 0.6) is 0 Å². The van der Waals surface area contributed by atoms with Gasteiger partial charge in [-0.1, -0.05) is 19.1 Å². The zero-order valence-electron chi connectivity index (χ0n) is 12.9. The van der Waals surface area contributed by atoms with Crippen molar-refractivity contribution in [3.63, 3.8) is 0 Å². The maximum Gasteiger partial charge on any atom is 0.243 e. The number of hydrogen-bond donors (Lipinski definition) is 1. The molecule has 7 heteroatoms. The summed E-state index contributed by atoms with van der Waals surface area (Å²) in [5.74, 6) is 0.101. The van der Waals surface area contributed by atoms with Crippen LogP contribution in [0.3, 0.4) is 0 Å². The number of carbonyl (C=O) groups excluding carboxylic acids is 1. The normalized spacial score (nSPS) is 22.9. The van der Waals surface area contributed by atoms with Crippen LogP contribution < -0.4 is 5.73 Å². The average Bonchev–Trinajstić information content (AvgIpc) is 2.47. The molecule has 5 nitrogen and oxygen atoms in total. The molecule has 2 unspecified atom stereocenters. The summed E-state index contributed by atoms with van der Waals surface area (Å²) in [6.45, 7) is 4.26. The van der Waals surface area contributed by atoms with E-state index < -0.39 is 10.0 Å². The number of nitrogens with zero attached hydrogens (tertiary/aromatic N) is 1. The molecule has 0 bridgehead atoms. The summed E-state index contributed by atoms with van der Waals surface area (Å²) in [5.41, 5.74) is 6.18. The number of sulfonamides is 1. The Balaban J connectivity index is 0.00000242. The minimum Gasteiger partial charge on any atom is -0.329 e. The second-order valence-corrected chi connectivity index (χ2v) is 7.51. The maximum atomic E-state index is 12.8. The van der Waals surface area contributed by atoms with Gasteiger partial charge in [0.05, 0.1) is 4.90 Å². The number of piperidine rings is 1. The Morgan fingerprint density at radius 3 is 2.68 bits per heavy atom. The number of halogens is 1. The van der Waals surface area contributed by atoms with Crippen LogP contribution in [-0.2, 0) is 10.0 Å². The first-order valence-corrected chi connectivity index (χ1v) is 8.65. The molecule has 0 aromatic heterocycles. The number of Topliss-reactive ketones (excluding diaryl/α,β-unsaturated/α-hetero) is 1. The largest absolute Gasteiger partial charge is 0.329 e. The Morgan fingerprint density at radius 1 is 1.41 bits per heavy atom. The average molecular weight is 347 g/mol. The lowest BCUT2D eigenvalue weighted by molar-refractivity contribution is 0.101. The second kappa shape index (κ2) is 7.55. The molecular weight excluding hydrogens is 324 g/mol. The number of benzene rings is 1. The monoisotopic (exact) mass is 346 g/mol. The lowest BCUT2D eigenvalue weighted by Crippen LogP contribution is -2.51. The van der Waals surface area contributed by atoms with E-state index in [0.29, 0.717) is 18.7 Å². The molecule has 22 heavy (non-hydrogen) atoms. The molecule has 0 radical (unpaired) electrons. The molecule has 0 aliphatic carbocycles. The third kappa shape index (κ3) is 3.68. The first kappa shape index (κ1) is 19.1. The lowest BCUT2D eigenvalue weighted by Gasteiger charge is -2.38. The Morgan fingerprint density at radius 2 is 2.09 bits per heavy atom. The van der Waals surface area contributed by atoms with Gasteiger partial charge in [0, 0.05) is 24.7 Å². The molecule has 2 N–H and O–H groups in total. The van der Waals surface area contributed by atoms with Crippen molar-refractivity contribution < 1.29 is 13.2 Å². The molecule has 2 rings (SSSR count). The topological polar surface area (TPSA) is 80.5 Å². The minimum atomic E-state index is -3.61.